The Labute approximate surface area is 155 Å². The van der Waals surface area contributed by atoms with Crippen molar-refractivity contribution in [2.75, 3.05) is 12.3 Å². The van der Waals surface area contributed by atoms with E-state index in [0.717, 1.165) is 0 Å². The number of carbonyl (C=O) groups excluding carboxylic acids is 2. The molecule has 1 saturated heterocycles. The summed E-state index contributed by atoms with van der Waals surface area (Å²) >= 11 is 3.39. The summed E-state index contributed by atoms with van der Waals surface area (Å²) in [4.78, 5) is 41.1. The van der Waals surface area contributed by atoms with Gasteiger partial charge in [0.25, 0.3) is 5.56 Å². The average molecular weight is 429 g/mol. The fraction of sp³-hybridized carbons (Fsp3) is 0.467. The molecule has 0 saturated carbocycles. The second kappa shape index (κ2) is 7.08. The highest BCUT2D eigenvalue weighted by Crippen LogP contribution is 2.36. The topological polar surface area (TPSA) is 139 Å². The Hall–Kier alpha value is -2.40. The summed E-state index contributed by atoms with van der Waals surface area (Å²) in [6.45, 7) is 2.51. The van der Waals surface area contributed by atoms with Crippen LogP contribution in [-0.2, 0) is 23.8 Å². The number of rotatable bonds is 4. The van der Waals surface area contributed by atoms with E-state index in [9.17, 15) is 14.4 Å². The number of nitrogen functional groups attached to an aromatic ring is 1. The number of aromatic nitrogens is 3. The van der Waals surface area contributed by atoms with Crippen LogP contribution in [0.25, 0.3) is 11.0 Å². The average Bonchev–Trinajstić information content (AvgIpc) is 3.05. The zero-order valence-electron chi connectivity index (χ0n) is 14.0. The van der Waals surface area contributed by atoms with Crippen LogP contribution in [0.2, 0.25) is 0 Å². The first-order chi connectivity index (χ1) is 12.3. The van der Waals surface area contributed by atoms with Crippen LogP contribution in [0.15, 0.2) is 15.5 Å². The summed E-state index contributed by atoms with van der Waals surface area (Å²) in [5.74, 6) is -0.963. The molecule has 1 aliphatic rings. The Balaban J connectivity index is 1.95. The van der Waals surface area contributed by atoms with Crippen LogP contribution in [0.5, 0.6) is 0 Å². The molecular weight excluding hydrogens is 412 g/mol. The number of nitrogens with one attached hydrogen (secondary N) is 1. The van der Waals surface area contributed by atoms with Crippen LogP contribution in [0.1, 0.15) is 26.5 Å². The molecule has 0 amide bonds. The predicted octanol–water partition coefficient (Wildman–Crippen LogP) is 0.852. The van der Waals surface area contributed by atoms with Crippen LogP contribution in [0, 0.1) is 0 Å². The summed E-state index contributed by atoms with van der Waals surface area (Å²) in [5.41, 5.74) is 5.59. The van der Waals surface area contributed by atoms with Gasteiger partial charge in [0.2, 0.25) is 5.95 Å². The number of ether oxygens (including phenoxy) is 3. The van der Waals surface area contributed by atoms with Crippen molar-refractivity contribution < 1.29 is 23.8 Å². The molecule has 140 valence electrons. The maximum Gasteiger partial charge on any atom is 0.303 e. The fourth-order valence-electron chi connectivity index (χ4n) is 2.91. The van der Waals surface area contributed by atoms with Gasteiger partial charge < -0.3 is 19.9 Å². The van der Waals surface area contributed by atoms with E-state index in [1.807, 2.05) is 0 Å². The molecule has 11 heteroatoms. The van der Waals surface area contributed by atoms with Crippen molar-refractivity contribution in [1.29, 1.82) is 0 Å². The van der Waals surface area contributed by atoms with Crippen molar-refractivity contribution in [3.63, 3.8) is 0 Å². The van der Waals surface area contributed by atoms with Crippen molar-refractivity contribution in [2.24, 2.45) is 0 Å². The van der Waals surface area contributed by atoms with Gasteiger partial charge in [0.1, 0.15) is 25.0 Å². The van der Waals surface area contributed by atoms with Crippen LogP contribution in [0.3, 0.4) is 0 Å². The smallest absolute Gasteiger partial charge is 0.303 e. The van der Waals surface area contributed by atoms with Gasteiger partial charge in [-0.25, -0.2) is 0 Å². The number of halogens is 1. The number of nitrogens with zero attached hydrogens (tertiary/aromatic N) is 2. The van der Waals surface area contributed by atoms with E-state index < -0.39 is 30.4 Å². The normalized spacial score (nSPS) is 22.5. The summed E-state index contributed by atoms with van der Waals surface area (Å²) in [6.07, 6.45) is -1.56. The van der Waals surface area contributed by atoms with Gasteiger partial charge in [-0.1, -0.05) is 0 Å². The van der Waals surface area contributed by atoms with Crippen molar-refractivity contribution in [3.05, 3.63) is 21.0 Å². The van der Waals surface area contributed by atoms with E-state index in [2.05, 4.69) is 25.9 Å². The summed E-state index contributed by atoms with van der Waals surface area (Å²) in [6, 6.07) is 1.60. The summed E-state index contributed by atoms with van der Waals surface area (Å²) in [5, 5.41) is 0.335. The fourth-order valence-corrected chi connectivity index (χ4v) is 3.54. The minimum absolute atomic E-state index is 0.0275. The van der Waals surface area contributed by atoms with E-state index in [1.165, 1.54) is 13.8 Å². The second-order valence-corrected chi connectivity index (χ2v) is 6.65. The van der Waals surface area contributed by atoms with E-state index in [1.54, 1.807) is 10.6 Å². The number of fused-ring (bicyclic) bond motifs is 1. The van der Waals surface area contributed by atoms with Gasteiger partial charge in [0.05, 0.1) is 9.99 Å². The number of nitrogens with two attached hydrogens (primary N) is 1. The van der Waals surface area contributed by atoms with Crippen molar-refractivity contribution in [2.45, 2.75) is 38.7 Å². The molecule has 3 atom stereocenters. The van der Waals surface area contributed by atoms with Gasteiger partial charge in [-0.2, -0.15) is 4.98 Å². The van der Waals surface area contributed by atoms with Crippen LogP contribution >= 0.6 is 15.9 Å². The van der Waals surface area contributed by atoms with E-state index >= 15 is 0 Å². The third-order valence-electron chi connectivity index (χ3n) is 3.91. The Morgan fingerprint density at radius 2 is 2.19 bits per heavy atom. The number of carbonyl (C=O) groups is 2. The van der Waals surface area contributed by atoms with Gasteiger partial charge in [-0.3, -0.25) is 23.9 Å². The maximum absolute atomic E-state index is 12.1. The van der Waals surface area contributed by atoms with Gasteiger partial charge >= 0.3 is 11.9 Å². The zero-order chi connectivity index (χ0) is 19.0. The molecule has 3 N–H and O–H groups in total. The molecule has 3 rings (SSSR count). The minimum Gasteiger partial charge on any atom is -0.463 e. The highest BCUT2D eigenvalue weighted by Gasteiger charge is 2.40. The third kappa shape index (κ3) is 3.58. The molecule has 0 aliphatic carbocycles. The lowest BCUT2D eigenvalue weighted by atomic mass is 10.2. The molecule has 26 heavy (non-hydrogen) atoms. The summed E-state index contributed by atoms with van der Waals surface area (Å²) in [7, 11) is 0. The number of aromatic amines is 1. The van der Waals surface area contributed by atoms with E-state index in [4.69, 9.17) is 19.9 Å². The quantitative estimate of drug-likeness (QED) is 0.683. The molecule has 1 fully saturated rings. The molecule has 3 heterocycles. The molecule has 0 unspecified atom stereocenters. The molecule has 2 aromatic heterocycles. The van der Waals surface area contributed by atoms with Gasteiger partial charge in [-0.15, -0.1) is 0 Å². The molecule has 1 aliphatic heterocycles. The predicted molar refractivity (Wildman–Crippen MR) is 93.2 cm³/mol. The highest BCUT2D eigenvalue weighted by atomic mass is 79.9. The van der Waals surface area contributed by atoms with Crippen LogP contribution in [0.4, 0.5) is 5.95 Å². The third-order valence-corrected chi connectivity index (χ3v) is 4.52. The Bertz CT molecular complexity index is 923. The maximum atomic E-state index is 12.1. The second-order valence-electron chi connectivity index (χ2n) is 5.84. The SMILES string of the molecule is CC(=O)OC[C@H]1O[C@@H](n2c(Br)cc3c(=O)[nH]c(N)nc32)C[C@@H]1OC(C)=O. The molecule has 0 bridgehead atoms. The molecule has 0 spiro atoms. The first kappa shape index (κ1) is 18.4. The van der Waals surface area contributed by atoms with E-state index in [0.29, 0.717) is 22.1 Å². The largest absolute Gasteiger partial charge is 0.463 e. The Kier molecular flexibility index (Phi) is 5.01. The Morgan fingerprint density at radius 1 is 1.46 bits per heavy atom. The lowest BCUT2D eigenvalue weighted by molar-refractivity contribution is -0.155. The number of esters is 2. The van der Waals surface area contributed by atoms with Crippen LogP contribution < -0.4 is 11.3 Å². The van der Waals surface area contributed by atoms with Gasteiger partial charge in [0, 0.05) is 20.3 Å². The summed E-state index contributed by atoms with van der Waals surface area (Å²) < 4.78 is 18.4. The molecule has 0 aromatic carbocycles. The number of H-pyrrole nitrogens is 1. The standard InChI is InChI=1S/C15H17BrN4O6/c1-6(21)24-5-10-9(25-7(2)22)4-12(26-10)20-11(16)3-8-13(20)18-15(17)19-14(8)23/h3,9-10,12H,4-5H2,1-2H3,(H3,17,18,19,23)/t9-,10+,12+/m0/s1. The van der Waals surface area contributed by atoms with Crippen molar-refractivity contribution in [3.8, 4) is 0 Å². The first-order valence-corrected chi connectivity index (χ1v) is 8.58. The van der Waals surface area contributed by atoms with Gasteiger partial charge in [0.15, 0.2) is 5.65 Å². The van der Waals surface area contributed by atoms with Gasteiger partial charge in [-0.05, 0) is 22.0 Å². The minimum atomic E-state index is -0.642. The molecule has 10 nitrogen and oxygen atoms in total. The Morgan fingerprint density at radius 3 is 2.85 bits per heavy atom. The molecular formula is C15H17BrN4O6. The zero-order valence-corrected chi connectivity index (χ0v) is 15.6. The number of hydrogen-bond donors (Lipinski definition) is 2. The molecule has 0 radical (unpaired) electrons. The van der Waals surface area contributed by atoms with Crippen molar-refractivity contribution >= 4 is 44.9 Å². The number of anilines is 1. The van der Waals surface area contributed by atoms with Crippen LogP contribution in [-0.4, -0.2) is 45.3 Å². The lowest BCUT2D eigenvalue weighted by Gasteiger charge is -2.18. The lowest BCUT2D eigenvalue weighted by Crippen LogP contribution is -2.31. The first-order valence-electron chi connectivity index (χ1n) is 7.78. The highest BCUT2D eigenvalue weighted by molar-refractivity contribution is 9.10. The monoisotopic (exact) mass is 428 g/mol. The van der Waals surface area contributed by atoms with E-state index in [-0.39, 0.29) is 18.1 Å². The number of hydrogen-bond acceptors (Lipinski definition) is 8. The molecule has 2 aromatic rings. The van der Waals surface area contributed by atoms with Crippen molar-refractivity contribution in [1.82, 2.24) is 14.5 Å².